The van der Waals surface area contributed by atoms with E-state index in [2.05, 4.69) is 35.9 Å². The second-order valence-corrected chi connectivity index (χ2v) is 6.49. The van der Waals surface area contributed by atoms with Gasteiger partial charge in [0.15, 0.2) is 0 Å². The summed E-state index contributed by atoms with van der Waals surface area (Å²) in [5.74, 6) is -0.350. The number of piperazine rings is 1. The van der Waals surface area contributed by atoms with Crippen LogP contribution < -0.4 is 5.32 Å². The van der Waals surface area contributed by atoms with Crippen molar-refractivity contribution in [3.05, 3.63) is 30.1 Å². The van der Waals surface area contributed by atoms with Gasteiger partial charge in [0.25, 0.3) is 0 Å². The largest absolute Gasteiger partial charge is 0.325 e. The quantitative estimate of drug-likeness (QED) is 0.928. The van der Waals surface area contributed by atoms with Gasteiger partial charge < -0.3 is 5.32 Å². The normalized spacial score (nSPS) is 17.7. The Balaban J connectivity index is 1.78. The number of nitrogens with zero attached hydrogens (tertiary/aromatic N) is 2. The summed E-state index contributed by atoms with van der Waals surface area (Å²) in [7, 11) is 0. The van der Waals surface area contributed by atoms with Crippen molar-refractivity contribution in [1.29, 1.82) is 0 Å². The van der Waals surface area contributed by atoms with E-state index < -0.39 is 0 Å². The van der Waals surface area contributed by atoms with Crippen LogP contribution in [0.4, 0.5) is 10.1 Å². The van der Waals surface area contributed by atoms with E-state index in [9.17, 15) is 9.18 Å². The molecule has 1 amide bonds. The maximum atomic E-state index is 12.8. The first kappa shape index (κ1) is 15.9. The van der Waals surface area contributed by atoms with Crippen LogP contribution in [-0.2, 0) is 4.79 Å². The zero-order chi connectivity index (χ0) is 15.5. The molecule has 1 N–H and O–H groups in total. The van der Waals surface area contributed by atoms with Gasteiger partial charge in [0.05, 0.1) is 6.54 Å². The molecule has 0 aliphatic carbocycles. The number of benzene rings is 1. The predicted molar refractivity (Wildman–Crippen MR) is 82.8 cm³/mol. The minimum Gasteiger partial charge on any atom is -0.325 e. The molecule has 1 aromatic carbocycles. The molecule has 0 bridgehead atoms. The second kappa shape index (κ2) is 6.54. The lowest BCUT2D eigenvalue weighted by molar-refractivity contribution is -0.117. The van der Waals surface area contributed by atoms with Crippen LogP contribution in [-0.4, -0.2) is 54.0 Å². The Hall–Kier alpha value is -1.46. The molecule has 1 saturated heterocycles. The Labute approximate surface area is 125 Å². The SMILES string of the molecule is CC(C)(C)N1CCN(CC(=O)Nc2ccc(F)cc2)CC1. The van der Waals surface area contributed by atoms with Crippen molar-refractivity contribution in [2.24, 2.45) is 0 Å². The first-order chi connectivity index (χ1) is 9.84. The van der Waals surface area contributed by atoms with Crippen molar-refractivity contribution in [2.45, 2.75) is 26.3 Å². The van der Waals surface area contributed by atoms with E-state index in [1.165, 1.54) is 12.1 Å². The van der Waals surface area contributed by atoms with E-state index in [-0.39, 0.29) is 17.3 Å². The van der Waals surface area contributed by atoms with E-state index in [1.54, 1.807) is 12.1 Å². The fraction of sp³-hybridized carbons (Fsp3) is 0.562. The fourth-order valence-corrected chi connectivity index (χ4v) is 2.51. The van der Waals surface area contributed by atoms with Gasteiger partial charge in [0.1, 0.15) is 5.82 Å². The van der Waals surface area contributed by atoms with Crippen LogP contribution >= 0.6 is 0 Å². The molecule has 1 heterocycles. The van der Waals surface area contributed by atoms with E-state index in [1.807, 2.05) is 0 Å². The van der Waals surface area contributed by atoms with E-state index in [0.29, 0.717) is 12.2 Å². The number of carbonyl (C=O) groups is 1. The summed E-state index contributed by atoms with van der Waals surface area (Å²) in [6.07, 6.45) is 0. The van der Waals surface area contributed by atoms with Gasteiger partial charge >= 0.3 is 0 Å². The third kappa shape index (κ3) is 4.79. The number of halogens is 1. The molecule has 0 unspecified atom stereocenters. The van der Waals surface area contributed by atoms with Crippen molar-refractivity contribution >= 4 is 11.6 Å². The van der Waals surface area contributed by atoms with Crippen molar-refractivity contribution in [1.82, 2.24) is 9.80 Å². The summed E-state index contributed by atoms with van der Waals surface area (Å²) in [5.41, 5.74) is 0.817. The lowest BCUT2D eigenvalue weighted by atomic mass is 10.1. The molecule has 0 atom stereocenters. The maximum Gasteiger partial charge on any atom is 0.238 e. The molecular weight excluding hydrogens is 269 g/mol. The number of nitrogens with one attached hydrogen (secondary N) is 1. The minimum absolute atomic E-state index is 0.0502. The van der Waals surface area contributed by atoms with Crippen LogP contribution in [0.1, 0.15) is 20.8 Å². The molecule has 1 aromatic rings. The highest BCUT2D eigenvalue weighted by molar-refractivity contribution is 5.92. The topological polar surface area (TPSA) is 35.6 Å². The molecular formula is C16H24FN3O. The summed E-state index contributed by atoms with van der Waals surface area (Å²) in [5, 5.41) is 2.80. The zero-order valence-corrected chi connectivity index (χ0v) is 13.0. The van der Waals surface area contributed by atoms with Crippen molar-refractivity contribution in [2.75, 3.05) is 38.0 Å². The summed E-state index contributed by atoms with van der Waals surface area (Å²) in [4.78, 5) is 16.6. The Morgan fingerprint density at radius 1 is 1.14 bits per heavy atom. The number of hydrogen-bond donors (Lipinski definition) is 1. The van der Waals surface area contributed by atoms with Crippen molar-refractivity contribution in [3.8, 4) is 0 Å². The summed E-state index contributed by atoms with van der Waals surface area (Å²) in [6.45, 7) is 10.8. The summed E-state index contributed by atoms with van der Waals surface area (Å²) < 4.78 is 12.8. The van der Waals surface area contributed by atoms with E-state index >= 15 is 0 Å². The molecule has 21 heavy (non-hydrogen) atoms. The molecule has 5 heteroatoms. The number of rotatable bonds is 3. The molecule has 1 aliphatic rings. The first-order valence-corrected chi connectivity index (χ1v) is 7.37. The Morgan fingerprint density at radius 2 is 1.71 bits per heavy atom. The molecule has 2 rings (SSSR count). The molecule has 0 radical (unpaired) electrons. The number of carbonyl (C=O) groups excluding carboxylic acids is 1. The number of hydrogen-bond acceptors (Lipinski definition) is 3. The van der Waals surface area contributed by atoms with E-state index in [4.69, 9.17) is 0 Å². The highest BCUT2D eigenvalue weighted by Gasteiger charge is 2.26. The Bertz CT molecular complexity index is 473. The molecule has 0 saturated carbocycles. The van der Waals surface area contributed by atoms with Gasteiger partial charge in [-0.1, -0.05) is 0 Å². The standard InChI is InChI=1S/C16H24FN3O/c1-16(2,3)20-10-8-19(9-11-20)12-15(21)18-14-6-4-13(17)5-7-14/h4-7H,8-12H2,1-3H3,(H,18,21). The maximum absolute atomic E-state index is 12.8. The van der Waals surface area contributed by atoms with Gasteiger partial charge in [-0.25, -0.2) is 4.39 Å². The average Bonchev–Trinajstić information content (AvgIpc) is 2.41. The first-order valence-electron chi connectivity index (χ1n) is 7.37. The number of amides is 1. The second-order valence-electron chi connectivity index (χ2n) is 6.49. The fourth-order valence-electron chi connectivity index (χ4n) is 2.51. The van der Waals surface area contributed by atoms with Gasteiger partial charge in [0.2, 0.25) is 5.91 Å². The van der Waals surface area contributed by atoms with Crippen LogP contribution in [0.15, 0.2) is 24.3 Å². The van der Waals surface area contributed by atoms with Gasteiger partial charge in [-0.15, -0.1) is 0 Å². The molecule has 0 aromatic heterocycles. The van der Waals surface area contributed by atoms with Crippen molar-refractivity contribution < 1.29 is 9.18 Å². The van der Waals surface area contributed by atoms with Crippen molar-refractivity contribution in [3.63, 3.8) is 0 Å². The molecule has 1 aliphatic heterocycles. The van der Waals surface area contributed by atoms with Gasteiger partial charge in [0, 0.05) is 37.4 Å². The molecule has 116 valence electrons. The van der Waals surface area contributed by atoms with E-state index in [0.717, 1.165) is 26.2 Å². The lowest BCUT2D eigenvalue weighted by Crippen LogP contribution is -2.54. The highest BCUT2D eigenvalue weighted by Crippen LogP contribution is 2.15. The third-order valence-electron chi connectivity index (χ3n) is 3.82. The Morgan fingerprint density at radius 3 is 2.24 bits per heavy atom. The van der Waals surface area contributed by atoms with Crippen LogP contribution in [0, 0.1) is 5.82 Å². The van der Waals surface area contributed by atoms with Crippen LogP contribution in [0.3, 0.4) is 0 Å². The third-order valence-corrected chi connectivity index (χ3v) is 3.82. The monoisotopic (exact) mass is 293 g/mol. The predicted octanol–water partition coefficient (Wildman–Crippen LogP) is 2.18. The van der Waals surface area contributed by atoms with Gasteiger partial charge in [-0.2, -0.15) is 0 Å². The lowest BCUT2D eigenvalue weighted by Gasteiger charge is -2.42. The zero-order valence-electron chi connectivity index (χ0n) is 13.0. The van der Waals surface area contributed by atoms with Crippen LogP contribution in [0.25, 0.3) is 0 Å². The highest BCUT2D eigenvalue weighted by atomic mass is 19.1. The minimum atomic E-state index is -0.300. The summed E-state index contributed by atoms with van der Waals surface area (Å²) in [6, 6.07) is 5.84. The molecule has 1 fully saturated rings. The van der Waals surface area contributed by atoms with Gasteiger partial charge in [-0.05, 0) is 45.0 Å². The molecule has 0 spiro atoms. The van der Waals surface area contributed by atoms with Gasteiger partial charge in [-0.3, -0.25) is 14.6 Å². The smallest absolute Gasteiger partial charge is 0.238 e. The Kier molecular flexibility index (Phi) is 4.96. The number of anilines is 1. The average molecular weight is 293 g/mol. The van der Waals surface area contributed by atoms with Crippen LogP contribution in [0.2, 0.25) is 0 Å². The summed E-state index contributed by atoms with van der Waals surface area (Å²) >= 11 is 0. The molecule has 4 nitrogen and oxygen atoms in total. The van der Waals surface area contributed by atoms with Crippen LogP contribution in [0.5, 0.6) is 0 Å².